The highest BCUT2D eigenvalue weighted by Gasteiger charge is 2.30. The molecule has 0 atom stereocenters. The molecule has 7 nitrogen and oxygen atoms in total. The predicted molar refractivity (Wildman–Crippen MR) is 124 cm³/mol. The summed E-state index contributed by atoms with van der Waals surface area (Å²) in [7, 11) is 0. The second kappa shape index (κ2) is 9.23. The van der Waals surface area contributed by atoms with Gasteiger partial charge in [0.1, 0.15) is 11.5 Å². The van der Waals surface area contributed by atoms with Gasteiger partial charge in [-0.3, -0.25) is 14.3 Å². The second-order valence-corrected chi connectivity index (χ2v) is 8.37. The number of nitrogens with zero attached hydrogens (tertiary/aromatic N) is 4. The molecular weight excluding hydrogens is 422 g/mol. The highest BCUT2D eigenvalue weighted by Crippen LogP contribution is 2.40. The van der Waals surface area contributed by atoms with Crippen molar-refractivity contribution in [2.45, 2.75) is 24.0 Å². The van der Waals surface area contributed by atoms with Crippen molar-refractivity contribution < 1.29 is 9.53 Å². The van der Waals surface area contributed by atoms with E-state index in [0.29, 0.717) is 11.8 Å². The summed E-state index contributed by atoms with van der Waals surface area (Å²) in [4.78, 5) is 16.7. The zero-order valence-corrected chi connectivity index (χ0v) is 18.0. The van der Waals surface area contributed by atoms with Crippen LogP contribution in [0.2, 0.25) is 0 Å². The number of nitrogens with one attached hydrogen (secondary N) is 1. The third kappa shape index (κ3) is 4.81. The largest absolute Gasteiger partial charge is 0.457 e. The molecule has 0 radical (unpaired) electrons. The molecule has 2 aromatic carbocycles. The maximum absolute atomic E-state index is 12.5. The average Bonchev–Trinajstić information content (AvgIpc) is 3.59. The minimum Gasteiger partial charge on any atom is -0.457 e. The molecule has 1 fully saturated rings. The minimum absolute atomic E-state index is 0.0972. The van der Waals surface area contributed by atoms with Crippen molar-refractivity contribution in [1.29, 1.82) is 0 Å². The number of benzene rings is 2. The number of hydrogen-bond acceptors (Lipinski definition) is 6. The Kier molecular flexibility index (Phi) is 5.85. The predicted octanol–water partition coefficient (Wildman–Crippen LogP) is 5.20. The fourth-order valence-corrected chi connectivity index (χ4v) is 4.09. The molecule has 1 aliphatic carbocycles. The summed E-state index contributed by atoms with van der Waals surface area (Å²) >= 11 is 1.40. The average molecular weight is 444 g/mol. The molecule has 4 aromatic rings. The highest BCUT2D eigenvalue weighted by molar-refractivity contribution is 7.99. The van der Waals surface area contributed by atoms with Crippen LogP contribution in [0.4, 0.5) is 5.69 Å². The van der Waals surface area contributed by atoms with Crippen molar-refractivity contribution in [2.75, 3.05) is 11.1 Å². The Labute approximate surface area is 189 Å². The van der Waals surface area contributed by atoms with Gasteiger partial charge in [0.15, 0.2) is 11.0 Å². The highest BCUT2D eigenvalue weighted by atomic mass is 32.2. The van der Waals surface area contributed by atoms with E-state index in [1.54, 1.807) is 12.4 Å². The fourth-order valence-electron chi connectivity index (χ4n) is 3.29. The van der Waals surface area contributed by atoms with Crippen LogP contribution < -0.4 is 10.1 Å². The number of anilines is 1. The smallest absolute Gasteiger partial charge is 0.234 e. The van der Waals surface area contributed by atoms with E-state index in [1.807, 2.05) is 66.7 Å². The second-order valence-electron chi connectivity index (χ2n) is 7.43. The zero-order chi connectivity index (χ0) is 21.8. The molecule has 0 bridgehead atoms. The Morgan fingerprint density at radius 1 is 1.00 bits per heavy atom. The summed E-state index contributed by atoms with van der Waals surface area (Å²) in [5.74, 6) is 2.44. The van der Waals surface area contributed by atoms with Gasteiger partial charge in [0, 0.05) is 29.7 Å². The van der Waals surface area contributed by atoms with Crippen LogP contribution in [0.5, 0.6) is 11.5 Å². The normalized spacial score (nSPS) is 13.0. The van der Waals surface area contributed by atoms with E-state index in [4.69, 9.17) is 4.74 Å². The molecular formula is C24H21N5O2S. The first-order chi connectivity index (χ1) is 15.8. The number of carbonyl (C=O) groups is 1. The van der Waals surface area contributed by atoms with Crippen LogP contribution in [0.1, 0.15) is 18.9 Å². The van der Waals surface area contributed by atoms with Crippen molar-refractivity contribution in [3.63, 3.8) is 0 Å². The summed E-state index contributed by atoms with van der Waals surface area (Å²) in [5.41, 5.74) is 1.65. The third-order valence-electron chi connectivity index (χ3n) is 4.95. The number of ether oxygens (including phenoxy) is 1. The lowest BCUT2D eigenvalue weighted by atomic mass is 10.3. The number of rotatable bonds is 8. The lowest BCUT2D eigenvalue weighted by Crippen LogP contribution is -2.14. The van der Waals surface area contributed by atoms with E-state index < -0.39 is 0 Å². The van der Waals surface area contributed by atoms with Gasteiger partial charge in [-0.1, -0.05) is 30.0 Å². The number of thioether (sulfide) groups is 1. The standard InChI is InChI=1S/C24H21N5O2S/c30-22(26-18-8-12-21(13-9-18)31-20-6-2-1-3-7-20)16-32-24-28-27-23(29(24)19-10-11-19)17-5-4-14-25-15-17/h1-9,12-15,19H,10-11,16H2,(H,26,30). The maximum atomic E-state index is 12.5. The number of hydrogen-bond donors (Lipinski definition) is 1. The first-order valence-electron chi connectivity index (χ1n) is 10.4. The Morgan fingerprint density at radius 2 is 1.78 bits per heavy atom. The fraction of sp³-hybridized carbons (Fsp3) is 0.167. The summed E-state index contributed by atoms with van der Waals surface area (Å²) in [5, 5.41) is 12.4. The molecule has 0 spiro atoms. The van der Waals surface area contributed by atoms with Crippen LogP contribution in [0.3, 0.4) is 0 Å². The molecule has 2 heterocycles. The van der Waals surface area contributed by atoms with Crippen molar-refractivity contribution in [1.82, 2.24) is 19.7 Å². The Morgan fingerprint density at radius 3 is 2.50 bits per heavy atom. The zero-order valence-electron chi connectivity index (χ0n) is 17.2. The van der Waals surface area contributed by atoms with Crippen LogP contribution in [0, 0.1) is 0 Å². The van der Waals surface area contributed by atoms with Gasteiger partial charge >= 0.3 is 0 Å². The monoisotopic (exact) mass is 443 g/mol. The molecule has 0 saturated heterocycles. The van der Waals surface area contributed by atoms with E-state index in [0.717, 1.165) is 40.8 Å². The van der Waals surface area contributed by atoms with Gasteiger partial charge in [0.25, 0.3) is 0 Å². The molecule has 1 N–H and O–H groups in total. The quantitative estimate of drug-likeness (QED) is 0.377. The molecule has 2 aromatic heterocycles. The summed E-state index contributed by atoms with van der Waals surface area (Å²) in [6.45, 7) is 0. The molecule has 1 saturated carbocycles. The lowest BCUT2D eigenvalue weighted by Gasteiger charge is -2.09. The van der Waals surface area contributed by atoms with Gasteiger partial charge in [-0.05, 0) is 61.4 Å². The molecule has 1 amide bonds. The van der Waals surface area contributed by atoms with Gasteiger partial charge < -0.3 is 10.1 Å². The number of aromatic nitrogens is 4. The SMILES string of the molecule is O=C(CSc1nnc(-c2cccnc2)n1C1CC1)Nc1ccc(Oc2ccccc2)cc1. The van der Waals surface area contributed by atoms with Gasteiger partial charge in [-0.25, -0.2) is 0 Å². The molecule has 160 valence electrons. The van der Waals surface area contributed by atoms with Crippen molar-refractivity contribution >= 4 is 23.4 Å². The van der Waals surface area contributed by atoms with Crippen LogP contribution in [-0.4, -0.2) is 31.4 Å². The number of amides is 1. The summed E-state index contributed by atoms with van der Waals surface area (Å²) in [6, 6.07) is 21.1. The first-order valence-corrected chi connectivity index (χ1v) is 11.4. The van der Waals surface area contributed by atoms with Gasteiger partial charge in [0.2, 0.25) is 5.91 Å². The van der Waals surface area contributed by atoms with Crippen molar-refractivity contribution in [3.05, 3.63) is 79.1 Å². The Bertz CT molecular complexity index is 1190. The van der Waals surface area contributed by atoms with Gasteiger partial charge in [0.05, 0.1) is 5.75 Å². The van der Waals surface area contributed by atoms with Gasteiger partial charge in [-0.2, -0.15) is 0 Å². The van der Waals surface area contributed by atoms with E-state index in [-0.39, 0.29) is 11.7 Å². The van der Waals surface area contributed by atoms with Gasteiger partial charge in [-0.15, -0.1) is 10.2 Å². The maximum Gasteiger partial charge on any atom is 0.234 e. The number of pyridine rings is 1. The molecule has 1 aliphatic rings. The van der Waals surface area contributed by atoms with Crippen LogP contribution in [0.15, 0.2) is 84.3 Å². The summed E-state index contributed by atoms with van der Waals surface area (Å²) in [6.07, 6.45) is 5.72. The molecule has 32 heavy (non-hydrogen) atoms. The number of para-hydroxylation sites is 1. The van der Waals surface area contributed by atoms with Crippen LogP contribution in [-0.2, 0) is 4.79 Å². The van der Waals surface area contributed by atoms with E-state index in [1.165, 1.54) is 11.8 Å². The van der Waals surface area contributed by atoms with Crippen molar-refractivity contribution in [2.24, 2.45) is 0 Å². The third-order valence-corrected chi connectivity index (χ3v) is 5.89. The van der Waals surface area contributed by atoms with Crippen molar-refractivity contribution in [3.8, 4) is 22.9 Å². The van der Waals surface area contributed by atoms with E-state index in [9.17, 15) is 4.79 Å². The van der Waals surface area contributed by atoms with Crippen LogP contribution >= 0.6 is 11.8 Å². The Balaban J connectivity index is 1.20. The van der Waals surface area contributed by atoms with E-state index >= 15 is 0 Å². The summed E-state index contributed by atoms with van der Waals surface area (Å²) < 4.78 is 7.91. The van der Waals surface area contributed by atoms with E-state index in [2.05, 4.69) is 25.1 Å². The molecule has 5 rings (SSSR count). The Hall–Kier alpha value is -3.65. The molecule has 0 aliphatic heterocycles. The lowest BCUT2D eigenvalue weighted by molar-refractivity contribution is -0.113. The first kappa shape index (κ1) is 20.3. The molecule has 0 unspecified atom stereocenters. The van der Waals surface area contributed by atoms with Crippen LogP contribution in [0.25, 0.3) is 11.4 Å². The number of carbonyl (C=O) groups excluding carboxylic acids is 1. The topological polar surface area (TPSA) is 81.9 Å². The molecule has 8 heteroatoms. The minimum atomic E-state index is -0.0972.